The number of hydrogen-bond acceptors (Lipinski definition) is 2. The molecule has 2 aromatic rings. The van der Waals surface area contributed by atoms with Crippen LogP contribution in [0.1, 0.15) is 24.6 Å². The van der Waals surface area contributed by atoms with E-state index in [-0.39, 0.29) is 5.82 Å². The molecule has 1 heterocycles. The third-order valence-corrected chi connectivity index (χ3v) is 3.61. The Hall–Kier alpha value is -1.20. The predicted octanol–water partition coefficient (Wildman–Crippen LogP) is 3.33. The van der Waals surface area contributed by atoms with Crippen molar-refractivity contribution < 1.29 is 4.39 Å². The predicted molar refractivity (Wildman–Crippen MR) is 77.4 cm³/mol. The molecule has 2 rings (SSSR count). The van der Waals surface area contributed by atoms with Crippen LogP contribution in [0.25, 0.3) is 0 Å². The summed E-state index contributed by atoms with van der Waals surface area (Å²) in [5.74, 6) is -0.235. The zero-order valence-electron chi connectivity index (χ0n) is 10.9. The lowest BCUT2D eigenvalue weighted by atomic mass is 10.2. The molecule has 0 atom stereocenters. The van der Waals surface area contributed by atoms with E-state index in [9.17, 15) is 4.39 Å². The van der Waals surface area contributed by atoms with Gasteiger partial charge in [-0.25, -0.2) is 4.39 Å². The molecule has 102 valence electrons. The monoisotopic (exact) mass is 325 g/mol. The molecule has 0 saturated carbocycles. The lowest BCUT2D eigenvalue weighted by Crippen LogP contribution is -2.17. The van der Waals surface area contributed by atoms with Crippen LogP contribution in [0.5, 0.6) is 0 Å². The zero-order chi connectivity index (χ0) is 13.7. The summed E-state index contributed by atoms with van der Waals surface area (Å²) in [6, 6.07) is 6.73. The second kappa shape index (κ2) is 6.82. The van der Waals surface area contributed by atoms with Crippen molar-refractivity contribution in [3.63, 3.8) is 0 Å². The summed E-state index contributed by atoms with van der Waals surface area (Å²) in [6.07, 6.45) is 2.90. The smallest absolute Gasteiger partial charge is 0.124 e. The van der Waals surface area contributed by atoms with Crippen LogP contribution in [0.4, 0.5) is 4.39 Å². The summed E-state index contributed by atoms with van der Waals surface area (Å²) >= 11 is 3.38. The van der Waals surface area contributed by atoms with Crippen LogP contribution in [-0.2, 0) is 13.1 Å². The highest BCUT2D eigenvalue weighted by Gasteiger charge is 2.06. The van der Waals surface area contributed by atoms with Crippen LogP contribution in [0.2, 0.25) is 0 Å². The fourth-order valence-electron chi connectivity index (χ4n) is 1.86. The molecule has 0 radical (unpaired) electrons. The lowest BCUT2D eigenvalue weighted by Gasteiger charge is -2.10. The molecule has 0 amide bonds. The molecular formula is C14H17BrFN3. The highest BCUT2D eigenvalue weighted by atomic mass is 79.9. The molecule has 0 fully saturated rings. The molecule has 19 heavy (non-hydrogen) atoms. The molecule has 0 unspecified atom stereocenters. The summed E-state index contributed by atoms with van der Waals surface area (Å²) in [5, 5.41) is 7.67. The second-order valence-corrected chi connectivity index (χ2v) is 5.25. The van der Waals surface area contributed by atoms with Gasteiger partial charge in [0.05, 0.1) is 12.2 Å². The molecule has 0 bridgehead atoms. The molecule has 3 nitrogen and oxygen atoms in total. The van der Waals surface area contributed by atoms with Gasteiger partial charge in [0.25, 0.3) is 0 Å². The first-order valence-electron chi connectivity index (χ1n) is 6.36. The quantitative estimate of drug-likeness (QED) is 0.825. The fraction of sp³-hybridized carbons (Fsp3) is 0.357. The molecule has 1 aromatic heterocycles. The molecule has 0 aliphatic rings. The Balaban J connectivity index is 2.08. The van der Waals surface area contributed by atoms with Crippen molar-refractivity contribution in [1.29, 1.82) is 0 Å². The average molecular weight is 326 g/mol. The van der Waals surface area contributed by atoms with Crippen molar-refractivity contribution in [2.75, 3.05) is 6.54 Å². The summed E-state index contributed by atoms with van der Waals surface area (Å²) in [4.78, 5) is 0. The number of hydrogen-bond donors (Lipinski definition) is 1. The van der Waals surface area contributed by atoms with Gasteiger partial charge in [-0.15, -0.1) is 0 Å². The average Bonchev–Trinajstić information content (AvgIpc) is 2.81. The summed E-state index contributed by atoms with van der Waals surface area (Å²) < 4.78 is 15.8. The zero-order valence-corrected chi connectivity index (χ0v) is 12.5. The minimum absolute atomic E-state index is 0.235. The number of rotatable bonds is 6. The molecule has 0 spiro atoms. The van der Waals surface area contributed by atoms with Crippen molar-refractivity contribution in [3.05, 3.63) is 52.0 Å². The first kappa shape index (κ1) is 14.2. The van der Waals surface area contributed by atoms with Crippen LogP contribution < -0.4 is 5.32 Å². The van der Waals surface area contributed by atoms with Crippen LogP contribution in [0, 0.1) is 5.82 Å². The molecule has 5 heteroatoms. The number of benzene rings is 1. The van der Waals surface area contributed by atoms with Gasteiger partial charge in [-0.05, 0) is 36.7 Å². The molecular weight excluding hydrogens is 309 g/mol. The maximum Gasteiger partial charge on any atom is 0.124 e. The standard InChI is InChI=1S/C14H17BrFN3/c1-2-6-17-9-13-5-7-18-19(13)10-11-3-4-12(16)8-14(11)15/h3-5,7-8,17H,2,6,9-10H2,1H3. The van der Waals surface area contributed by atoms with Gasteiger partial charge >= 0.3 is 0 Å². The van der Waals surface area contributed by atoms with Gasteiger partial charge in [-0.1, -0.05) is 28.9 Å². The minimum Gasteiger partial charge on any atom is -0.311 e. The molecule has 1 aromatic carbocycles. The Morgan fingerprint density at radius 1 is 1.37 bits per heavy atom. The lowest BCUT2D eigenvalue weighted by molar-refractivity contribution is 0.589. The fourth-order valence-corrected chi connectivity index (χ4v) is 2.33. The van der Waals surface area contributed by atoms with Crippen molar-refractivity contribution in [2.24, 2.45) is 0 Å². The Kier molecular flexibility index (Phi) is 5.10. The summed E-state index contributed by atoms with van der Waals surface area (Å²) in [6.45, 7) is 4.56. The molecule has 0 aliphatic carbocycles. The first-order valence-corrected chi connectivity index (χ1v) is 7.15. The number of nitrogens with zero attached hydrogens (tertiary/aromatic N) is 2. The van der Waals surface area contributed by atoms with E-state index in [0.717, 1.165) is 35.2 Å². The maximum atomic E-state index is 13.0. The Labute approximate surface area is 121 Å². The Bertz CT molecular complexity index is 539. The van der Waals surface area contributed by atoms with E-state index < -0.39 is 0 Å². The van der Waals surface area contributed by atoms with Crippen molar-refractivity contribution in [3.8, 4) is 0 Å². The van der Waals surface area contributed by atoms with Crippen LogP contribution in [0.3, 0.4) is 0 Å². The third-order valence-electron chi connectivity index (χ3n) is 2.87. The van der Waals surface area contributed by atoms with E-state index in [0.29, 0.717) is 6.54 Å². The van der Waals surface area contributed by atoms with Gasteiger partial charge in [0.1, 0.15) is 5.82 Å². The van der Waals surface area contributed by atoms with Crippen molar-refractivity contribution in [2.45, 2.75) is 26.4 Å². The highest BCUT2D eigenvalue weighted by molar-refractivity contribution is 9.10. The summed E-state index contributed by atoms with van der Waals surface area (Å²) in [5.41, 5.74) is 2.14. The first-order chi connectivity index (χ1) is 9.20. The van der Waals surface area contributed by atoms with Gasteiger partial charge in [0.15, 0.2) is 0 Å². The van der Waals surface area contributed by atoms with Crippen LogP contribution >= 0.6 is 15.9 Å². The van der Waals surface area contributed by atoms with E-state index >= 15 is 0 Å². The van der Waals surface area contributed by atoms with Gasteiger partial charge < -0.3 is 5.32 Å². The van der Waals surface area contributed by atoms with Gasteiger partial charge in [0, 0.05) is 17.2 Å². The van der Waals surface area contributed by atoms with E-state index in [1.54, 1.807) is 12.3 Å². The largest absolute Gasteiger partial charge is 0.311 e. The van der Waals surface area contributed by atoms with E-state index in [1.165, 1.54) is 12.1 Å². The van der Waals surface area contributed by atoms with Gasteiger partial charge in [0.2, 0.25) is 0 Å². The molecule has 0 aliphatic heterocycles. The number of aromatic nitrogens is 2. The number of nitrogens with one attached hydrogen (secondary N) is 1. The molecule has 0 saturated heterocycles. The van der Waals surface area contributed by atoms with E-state index in [4.69, 9.17) is 0 Å². The van der Waals surface area contributed by atoms with Crippen LogP contribution in [-0.4, -0.2) is 16.3 Å². The topological polar surface area (TPSA) is 29.9 Å². The summed E-state index contributed by atoms with van der Waals surface area (Å²) in [7, 11) is 0. The second-order valence-electron chi connectivity index (χ2n) is 4.39. The third kappa shape index (κ3) is 3.88. The van der Waals surface area contributed by atoms with E-state index in [2.05, 4.69) is 33.3 Å². The Morgan fingerprint density at radius 3 is 2.95 bits per heavy atom. The SMILES string of the molecule is CCCNCc1ccnn1Cc1ccc(F)cc1Br. The van der Waals surface area contributed by atoms with Crippen molar-refractivity contribution in [1.82, 2.24) is 15.1 Å². The highest BCUT2D eigenvalue weighted by Crippen LogP contribution is 2.19. The van der Waals surface area contributed by atoms with Crippen molar-refractivity contribution >= 4 is 15.9 Å². The normalized spacial score (nSPS) is 10.9. The van der Waals surface area contributed by atoms with Gasteiger partial charge in [-0.3, -0.25) is 4.68 Å². The van der Waals surface area contributed by atoms with E-state index in [1.807, 2.05) is 10.7 Å². The number of halogens is 2. The maximum absolute atomic E-state index is 13.0. The van der Waals surface area contributed by atoms with Gasteiger partial charge in [-0.2, -0.15) is 5.10 Å². The minimum atomic E-state index is -0.235. The Morgan fingerprint density at radius 2 is 2.21 bits per heavy atom. The molecule has 1 N–H and O–H groups in total. The van der Waals surface area contributed by atoms with Crippen LogP contribution in [0.15, 0.2) is 34.9 Å².